The van der Waals surface area contributed by atoms with E-state index in [1.165, 1.54) is 6.20 Å². The number of nitriles is 1. The lowest BCUT2D eigenvalue weighted by atomic mass is 10.1. The highest BCUT2D eigenvalue weighted by Gasteiger charge is 2.11. The summed E-state index contributed by atoms with van der Waals surface area (Å²) < 4.78 is 0. The number of pyridine rings is 1. The maximum atomic E-state index is 11.9. The molecule has 1 N–H and O–H groups in total. The van der Waals surface area contributed by atoms with Crippen molar-refractivity contribution in [2.24, 2.45) is 0 Å². The third-order valence-corrected chi connectivity index (χ3v) is 2.33. The second-order valence-electron chi connectivity index (χ2n) is 3.34. The van der Waals surface area contributed by atoms with Gasteiger partial charge in [-0.25, -0.2) is 0 Å². The molecular formula is C12H8N2O2. The van der Waals surface area contributed by atoms with Crippen molar-refractivity contribution in [2.75, 3.05) is 0 Å². The summed E-state index contributed by atoms with van der Waals surface area (Å²) in [5, 5.41) is 8.88. The highest BCUT2D eigenvalue weighted by Crippen LogP contribution is 2.07. The second-order valence-corrected chi connectivity index (χ2v) is 3.34. The number of aromatic nitrogens is 1. The number of carbonyl (C=O) groups is 1. The zero-order valence-electron chi connectivity index (χ0n) is 8.36. The predicted molar refractivity (Wildman–Crippen MR) is 59.1 cm³/mol. The molecule has 0 aliphatic carbocycles. The van der Waals surface area contributed by atoms with E-state index in [4.69, 9.17) is 5.26 Å². The molecule has 4 nitrogen and oxygen atoms in total. The minimum Gasteiger partial charge on any atom is -0.360 e. The standard InChI is InChI=1S/C12H8N2O2/c13-6-5-11(15)9-7-14-10-4-2-1-3-8(10)12(9)16/h1-4,7H,5H2,(H,14,16). The summed E-state index contributed by atoms with van der Waals surface area (Å²) in [6.45, 7) is 0. The van der Waals surface area contributed by atoms with E-state index in [1.807, 2.05) is 0 Å². The molecular weight excluding hydrogens is 204 g/mol. The Balaban J connectivity index is 2.67. The third kappa shape index (κ3) is 1.59. The first-order chi connectivity index (χ1) is 7.74. The fourth-order valence-electron chi connectivity index (χ4n) is 1.54. The normalized spacial score (nSPS) is 9.94. The number of ketones is 1. The number of H-pyrrole nitrogens is 1. The van der Waals surface area contributed by atoms with Crippen molar-refractivity contribution in [3.8, 4) is 6.07 Å². The van der Waals surface area contributed by atoms with Gasteiger partial charge in [-0.05, 0) is 12.1 Å². The summed E-state index contributed by atoms with van der Waals surface area (Å²) in [5.41, 5.74) is 0.399. The Morgan fingerprint density at radius 3 is 2.88 bits per heavy atom. The largest absolute Gasteiger partial charge is 0.360 e. The number of rotatable bonds is 2. The number of nitrogens with one attached hydrogen (secondary N) is 1. The zero-order valence-corrected chi connectivity index (χ0v) is 8.36. The van der Waals surface area contributed by atoms with Crippen molar-refractivity contribution in [3.63, 3.8) is 0 Å². The predicted octanol–water partition coefficient (Wildman–Crippen LogP) is 1.62. The number of Topliss-reactive ketones (excluding diaryl/α,β-unsaturated/α-hetero) is 1. The van der Waals surface area contributed by atoms with Gasteiger partial charge in [-0.2, -0.15) is 5.26 Å². The Morgan fingerprint density at radius 2 is 2.12 bits per heavy atom. The smallest absolute Gasteiger partial charge is 0.200 e. The summed E-state index contributed by atoms with van der Waals surface area (Å²) in [7, 11) is 0. The van der Waals surface area contributed by atoms with Crippen molar-refractivity contribution >= 4 is 16.7 Å². The van der Waals surface area contributed by atoms with E-state index in [1.54, 1.807) is 30.3 Å². The molecule has 1 aromatic heterocycles. The van der Waals surface area contributed by atoms with Crippen LogP contribution in [0.4, 0.5) is 0 Å². The fraction of sp³-hybridized carbons (Fsp3) is 0.0833. The van der Waals surface area contributed by atoms with Crippen molar-refractivity contribution < 1.29 is 4.79 Å². The Hall–Kier alpha value is -2.41. The van der Waals surface area contributed by atoms with E-state index in [2.05, 4.69) is 4.98 Å². The second kappa shape index (κ2) is 3.99. The average molecular weight is 212 g/mol. The first kappa shape index (κ1) is 10.1. The molecule has 0 fully saturated rings. The number of hydrogen-bond acceptors (Lipinski definition) is 3. The Bertz CT molecular complexity index is 650. The Kier molecular flexibility index (Phi) is 2.52. The van der Waals surface area contributed by atoms with E-state index in [9.17, 15) is 9.59 Å². The van der Waals surface area contributed by atoms with Gasteiger partial charge in [0, 0.05) is 17.1 Å². The molecule has 2 rings (SSSR count). The number of carbonyl (C=O) groups excluding carboxylic acids is 1. The van der Waals surface area contributed by atoms with Crippen LogP contribution in [0.3, 0.4) is 0 Å². The topological polar surface area (TPSA) is 73.7 Å². The highest BCUT2D eigenvalue weighted by molar-refractivity contribution is 5.99. The van der Waals surface area contributed by atoms with Crippen LogP contribution in [0.2, 0.25) is 0 Å². The van der Waals surface area contributed by atoms with Crippen LogP contribution in [0.25, 0.3) is 10.9 Å². The fourth-order valence-corrected chi connectivity index (χ4v) is 1.54. The lowest BCUT2D eigenvalue weighted by molar-refractivity contribution is 0.0996. The third-order valence-electron chi connectivity index (χ3n) is 2.33. The van der Waals surface area contributed by atoms with Gasteiger partial charge in [0.05, 0.1) is 18.1 Å². The molecule has 0 saturated carbocycles. The van der Waals surface area contributed by atoms with E-state index in [0.717, 1.165) is 0 Å². The van der Waals surface area contributed by atoms with Crippen molar-refractivity contribution in [1.82, 2.24) is 4.98 Å². The van der Waals surface area contributed by atoms with Crippen molar-refractivity contribution in [3.05, 3.63) is 46.2 Å². The van der Waals surface area contributed by atoms with Gasteiger partial charge < -0.3 is 4.98 Å². The molecule has 1 aromatic carbocycles. The lowest BCUT2D eigenvalue weighted by Crippen LogP contribution is -2.15. The summed E-state index contributed by atoms with van der Waals surface area (Å²) in [6, 6.07) is 8.68. The first-order valence-electron chi connectivity index (χ1n) is 4.74. The summed E-state index contributed by atoms with van der Waals surface area (Å²) in [6.07, 6.45) is 1.09. The molecule has 1 heterocycles. The summed E-state index contributed by atoms with van der Waals surface area (Å²) in [4.78, 5) is 26.2. The molecule has 2 aromatic rings. The van der Waals surface area contributed by atoms with E-state index in [0.29, 0.717) is 10.9 Å². The molecule has 0 unspecified atom stereocenters. The Labute approximate surface area is 91.1 Å². The van der Waals surface area contributed by atoms with E-state index in [-0.39, 0.29) is 17.4 Å². The van der Waals surface area contributed by atoms with Crippen LogP contribution >= 0.6 is 0 Å². The maximum absolute atomic E-state index is 11.9. The van der Waals surface area contributed by atoms with Gasteiger partial charge in [-0.3, -0.25) is 9.59 Å². The maximum Gasteiger partial charge on any atom is 0.200 e. The summed E-state index contributed by atoms with van der Waals surface area (Å²) >= 11 is 0. The van der Waals surface area contributed by atoms with Crippen LogP contribution in [0, 0.1) is 11.3 Å². The van der Waals surface area contributed by atoms with Crippen LogP contribution in [-0.2, 0) is 0 Å². The molecule has 0 saturated heterocycles. The number of nitrogens with zero attached hydrogens (tertiary/aromatic N) is 1. The van der Waals surface area contributed by atoms with E-state index < -0.39 is 5.78 Å². The van der Waals surface area contributed by atoms with Crippen molar-refractivity contribution in [1.29, 1.82) is 5.26 Å². The zero-order chi connectivity index (χ0) is 11.5. The highest BCUT2D eigenvalue weighted by atomic mass is 16.1. The molecule has 4 heteroatoms. The van der Waals surface area contributed by atoms with E-state index >= 15 is 0 Å². The first-order valence-corrected chi connectivity index (χ1v) is 4.74. The van der Waals surface area contributed by atoms with Crippen LogP contribution in [-0.4, -0.2) is 10.8 Å². The number of para-hydroxylation sites is 1. The minimum absolute atomic E-state index is 0.0419. The number of hydrogen-bond donors (Lipinski definition) is 1. The van der Waals surface area contributed by atoms with Crippen LogP contribution < -0.4 is 5.43 Å². The monoisotopic (exact) mass is 212 g/mol. The minimum atomic E-state index is -0.450. The number of fused-ring (bicyclic) bond motifs is 1. The van der Waals surface area contributed by atoms with Gasteiger partial charge in [-0.1, -0.05) is 12.1 Å². The molecule has 0 radical (unpaired) electrons. The van der Waals surface area contributed by atoms with Gasteiger partial charge in [0.15, 0.2) is 11.2 Å². The molecule has 78 valence electrons. The van der Waals surface area contributed by atoms with Gasteiger partial charge in [0.2, 0.25) is 0 Å². The molecule has 0 aliphatic rings. The van der Waals surface area contributed by atoms with Crippen LogP contribution in [0.15, 0.2) is 35.3 Å². The lowest BCUT2D eigenvalue weighted by Gasteiger charge is -1.99. The molecule has 16 heavy (non-hydrogen) atoms. The van der Waals surface area contributed by atoms with Gasteiger partial charge >= 0.3 is 0 Å². The van der Waals surface area contributed by atoms with Gasteiger partial charge in [0.1, 0.15) is 0 Å². The van der Waals surface area contributed by atoms with Gasteiger partial charge in [0.25, 0.3) is 0 Å². The SMILES string of the molecule is N#CCC(=O)c1c[nH]c2ccccc2c1=O. The molecule has 0 amide bonds. The van der Waals surface area contributed by atoms with Crippen molar-refractivity contribution in [2.45, 2.75) is 6.42 Å². The molecule has 0 spiro atoms. The number of aromatic amines is 1. The average Bonchev–Trinajstić information content (AvgIpc) is 2.30. The molecule has 0 bridgehead atoms. The Morgan fingerprint density at radius 1 is 1.38 bits per heavy atom. The van der Waals surface area contributed by atoms with Gasteiger partial charge in [-0.15, -0.1) is 0 Å². The number of benzene rings is 1. The van der Waals surface area contributed by atoms with Crippen LogP contribution in [0.1, 0.15) is 16.8 Å². The van der Waals surface area contributed by atoms with Crippen LogP contribution in [0.5, 0.6) is 0 Å². The quantitative estimate of drug-likeness (QED) is 0.768. The molecule has 0 atom stereocenters. The molecule has 0 aliphatic heterocycles. The summed E-state index contributed by atoms with van der Waals surface area (Å²) in [5.74, 6) is -0.450.